The molecule has 0 spiro atoms. The van der Waals surface area contributed by atoms with Gasteiger partial charge in [-0.3, -0.25) is 14.5 Å². The van der Waals surface area contributed by atoms with Gasteiger partial charge in [0.25, 0.3) is 0 Å². The third-order valence-electron chi connectivity index (χ3n) is 7.97. The number of carbonyl (C=O) groups is 2. The smallest absolute Gasteiger partial charge is 0.246 e. The van der Waals surface area contributed by atoms with Gasteiger partial charge in [-0.25, -0.2) is 13.2 Å². The average Bonchev–Trinajstić information content (AvgIpc) is 2.95. The first kappa shape index (κ1) is 28.7. The summed E-state index contributed by atoms with van der Waals surface area (Å²) in [6.07, 6.45) is 6.23. The SMILES string of the molecule is COc1ccc(C2CCN(C(CNC(C)=O)C3CCN(C(=O)C=Cc4cc(F)c(F)c(F)c4)CC3)CC2)cc1. The van der Waals surface area contributed by atoms with Crippen molar-refractivity contribution in [1.29, 1.82) is 0 Å². The van der Waals surface area contributed by atoms with Crippen LogP contribution in [0.4, 0.5) is 13.2 Å². The number of methoxy groups -OCH3 is 1. The first-order valence-corrected chi connectivity index (χ1v) is 13.5. The Kier molecular flexibility index (Phi) is 9.67. The zero-order valence-electron chi connectivity index (χ0n) is 22.5. The molecule has 9 heteroatoms. The fraction of sp³-hybridized carbons (Fsp3) is 0.467. The molecule has 1 atom stereocenters. The summed E-state index contributed by atoms with van der Waals surface area (Å²) in [7, 11) is 1.67. The van der Waals surface area contributed by atoms with Crippen molar-refractivity contribution in [1.82, 2.24) is 15.1 Å². The Morgan fingerprint density at radius 1 is 1.00 bits per heavy atom. The first-order chi connectivity index (χ1) is 18.7. The molecule has 0 bridgehead atoms. The number of rotatable bonds is 8. The molecule has 2 fully saturated rings. The second-order valence-corrected chi connectivity index (χ2v) is 10.4. The number of halogens is 3. The maximum atomic E-state index is 13.5. The van der Waals surface area contributed by atoms with Crippen molar-refractivity contribution in [3.63, 3.8) is 0 Å². The largest absolute Gasteiger partial charge is 0.497 e. The van der Waals surface area contributed by atoms with Gasteiger partial charge in [-0.05, 0) is 92.1 Å². The van der Waals surface area contributed by atoms with Crippen molar-refractivity contribution < 1.29 is 27.5 Å². The fourth-order valence-electron chi connectivity index (χ4n) is 5.73. The number of nitrogens with zero attached hydrogens (tertiary/aromatic N) is 2. The molecule has 0 radical (unpaired) electrons. The normalized spacial score (nSPS) is 18.3. The van der Waals surface area contributed by atoms with Crippen molar-refractivity contribution in [2.75, 3.05) is 39.8 Å². The molecule has 2 heterocycles. The van der Waals surface area contributed by atoms with Crippen molar-refractivity contribution in [3.05, 3.63) is 71.1 Å². The zero-order chi connectivity index (χ0) is 27.9. The van der Waals surface area contributed by atoms with Gasteiger partial charge in [-0.2, -0.15) is 0 Å². The van der Waals surface area contributed by atoms with Crippen LogP contribution in [0.2, 0.25) is 0 Å². The van der Waals surface area contributed by atoms with Crippen LogP contribution in [0.3, 0.4) is 0 Å². The van der Waals surface area contributed by atoms with Crippen LogP contribution in [0.25, 0.3) is 6.08 Å². The van der Waals surface area contributed by atoms with Gasteiger partial charge in [-0.15, -0.1) is 0 Å². The molecule has 1 N–H and O–H groups in total. The van der Waals surface area contributed by atoms with E-state index in [0.717, 1.165) is 56.7 Å². The first-order valence-electron chi connectivity index (χ1n) is 13.5. The minimum Gasteiger partial charge on any atom is -0.497 e. The Balaban J connectivity index is 1.33. The van der Waals surface area contributed by atoms with Crippen LogP contribution in [0.5, 0.6) is 5.75 Å². The number of nitrogens with one attached hydrogen (secondary N) is 1. The Labute approximate surface area is 227 Å². The van der Waals surface area contributed by atoms with E-state index in [1.165, 1.54) is 24.6 Å². The van der Waals surface area contributed by atoms with Crippen LogP contribution in [-0.2, 0) is 9.59 Å². The third kappa shape index (κ3) is 7.41. The molecule has 210 valence electrons. The van der Waals surface area contributed by atoms with E-state index in [0.29, 0.717) is 31.5 Å². The quantitative estimate of drug-likeness (QED) is 0.386. The molecule has 6 nitrogen and oxygen atoms in total. The lowest BCUT2D eigenvalue weighted by Crippen LogP contribution is -2.53. The predicted molar refractivity (Wildman–Crippen MR) is 144 cm³/mol. The maximum absolute atomic E-state index is 13.5. The van der Waals surface area contributed by atoms with Gasteiger partial charge in [0, 0.05) is 38.7 Å². The van der Waals surface area contributed by atoms with Crippen LogP contribution in [0, 0.1) is 23.4 Å². The van der Waals surface area contributed by atoms with Gasteiger partial charge in [-0.1, -0.05) is 12.1 Å². The number of benzene rings is 2. The number of hydrogen-bond donors (Lipinski definition) is 1. The van der Waals surface area contributed by atoms with E-state index in [9.17, 15) is 22.8 Å². The predicted octanol–water partition coefficient (Wildman–Crippen LogP) is 4.75. The van der Waals surface area contributed by atoms with E-state index in [2.05, 4.69) is 22.3 Å². The highest BCUT2D eigenvalue weighted by molar-refractivity contribution is 5.91. The molecule has 2 aromatic rings. The van der Waals surface area contributed by atoms with Gasteiger partial charge in [0.2, 0.25) is 11.8 Å². The van der Waals surface area contributed by atoms with E-state index in [1.807, 2.05) is 12.1 Å². The summed E-state index contributed by atoms with van der Waals surface area (Å²) < 4.78 is 45.4. The van der Waals surface area contributed by atoms with E-state index in [1.54, 1.807) is 12.0 Å². The van der Waals surface area contributed by atoms with E-state index in [-0.39, 0.29) is 23.4 Å². The van der Waals surface area contributed by atoms with Crippen LogP contribution in [0.1, 0.15) is 49.7 Å². The molecular formula is C30H36F3N3O3. The van der Waals surface area contributed by atoms with Crippen LogP contribution in [-0.4, -0.2) is 67.5 Å². The topological polar surface area (TPSA) is 61.9 Å². The third-order valence-corrected chi connectivity index (χ3v) is 7.97. The number of likely N-dealkylation sites (tertiary alicyclic amines) is 2. The molecule has 4 rings (SSSR count). The summed E-state index contributed by atoms with van der Waals surface area (Å²) in [5.41, 5.74) is 1.41. The van der Waals surface area contributed by atoms with Crippen molar-refractivity contribution in [3.8, 4) is 5.75 Å². The van der Waals surface area contributed by atoms with Gasteiger partial charge in [0.15, 0.2) is 17.5 Å². The zero-order valence-corrected chi connectivity index (χ0v) is 22.5. The summed E-state index contributed by atoms with van der Waals surface area (Å²) >= 11 is 0. The lowest BCUT2D eigenvalue weighted by atomic mass is 9.84. The van der Waals surface area contributed by atoms with Gasteiger partial charge in [0.1, 0.15) is 5.75 Å². The number of carbonyl (C=O) groups excluding carboxylic acids is 2. The van der Waals surface area contributed by atoms with Crippen molar-refractivity contribution in [2.24, 2.45) is 5.92 Å². The van der Waals surface area contributed by atoms with Gasteiger partial charge < -0.3 is 15.0 Å². The molecule has 0 aromatic heterocycles. The summed E-state index contributed by atoms with van der Waals surface area (Å²) in [6, 6.07) is 10.2. The molecular weight excluding hydrogens is 507 g/mol. The highest BCUT2D eigenvalue weighted by Gasteiger charge is 2.34. The molecule has 2 amide bonds. The van der Waals surface area contributed by atoms with E-state index < -0.39 is 17.5 Å². The highest BCUT2D eigenvalue weighted by atomic mass is 19.2. The second kappa shape index (κ2) is 13.2. The minimum absolute atomic E-state index is 0.0560. The summed E-state index contributed by atoms with van der Waals surface area (Å²) in [5.74, 6) is -2.76. The Bertz CT molecular complexity index is 1150. The Morgan fingerprint density at radius 3 is 2.18 bits per heavy atom. The average molecular weight is 544 g/mol. The number of hydrogen-bond acceptors (Lipinski definition) is 4. The molecule has 2 aromatic carbocycles. The minimum atomic E-state index is -1.53. The molecule has 2 saturated heterocycles. The van der Waals surface area contributed by atoms with Crippen LogP contribution < -0.4 is 10.1 Å². The summed E-state index contributed by atoms with van der Waals surface area (Å²) in [4.78, 5) is 28.6. The fourth-order valence-corrected chi connectivity index (χ4v) is 5.73. The standard InChI is InChI=1S/C30H36F3N3O3/c1-20(37)34-19-28(35-13-9-23(10-14-35)22-4-6-25(39-2)7-5-22)24-11-15-36(16-12-24)29(38)8-3-21-17-26(31)30(33)27(32)18-21/h3-8,17-18,23-24,28H,9-16,19H2,1-2H3,(H,34,37). The lowest BCUT2D eigenvalue weighted by Gasteiger charge is -2.44. The molecule has 0 aliphatic carbocycles. The summed E-state index contributed by atoms with van der Waals surface area (Å²) in [5, 5.41) is 3.01. The molecule has 39 heavy (non-hydrogen) atoms. The van der Waals surface area contributed by atoms with Crippen LogP contribution in [0.15, 0.2) is 42.5 Å². The van der Waals surface area contributed by atoms with E-state index >= 15 is 0 Å². The van der Waals surface area contributed by atoms with Crippen molar-refractivity contribution in [2.45, 2.75) is 44.6 Å². The second-order valence-electron chi connectivity index (χ2n) is 10.4. The number of piperidine rings is 2. The Morgan fingerprint density at radius 2 is 1.62 bits per heavy atom. The lowest BCUT2D eigenvalue weighted by molar-refractivity contribution is -0.127. The molecule has 2 aliphatic heterocycles. The number of amides is 2. The molecule has 2 aliphatic rings. The molecule has 0 saturated carbocycles. The highest BCUT2D eigenvalue weighted by Crippen LogP contribution is 2.33. The van der Waals surface area contributed by atoms with Crippen LogP contribution >= 0.6 is 0 Å². The maximum Gasteiger partial charge on any atom is 0.246 e. The monoisotopic (exact) mass is 543 g/mol. The molecule has 1 unspecified atom stereocenters. The van der Waals surface area contributed by atoms with E-state index in [4.69, 9.17) is 4.74 Å². The van der Waals surface area contributed by atoms with Crippen molar-refractivity contribution >= 4 is 17.9 Å². The number of ether oxygens (including phenoxy) is 1. The summed E-state index contributed by atoms with van der Waals surface area (Å²) in [6.45, 7) is 5.08. The Hall–Kier alpha value is -3.33. The van der Waals surface area contributed by atoms with Gasteiger partial charge in [0.05, 0.1) is 7.11 Å². The van der Waals surface area contributed by atoms with Gasteiger partial charge >= 0.3 is 0 Å².